The molecule has 1 aromatic rings. The third kappa shape index (κ3) is 3.60. The average Bonchev–Trinajstić information content (AvgIpc) is 2.87. The topological polar surface area (TPSA) is 83.4 Å². The largest absolute Gasteiger partial charge is 0.481 e. The third-order valence-corrected chi connectivity index (χ3v) is 3.57. The van der Waals surface area contributed by atoms with Crippen molar-refractivity contribution in [3.63, 3.8) is 0 Å². The molecule has 1 aliphatic heterocycles. The Bertz CT molecular complexity index is 478. The molecule has 1 atom stereocenters. The molecule has 3 N–H and O–H groups in total. The summed E-state index contributed by atoms with van der Waals surface area (Å²) in [7, 11) is 0. The number of carboxylic acid groups (broad SMARTS) is 1. The van der Waals surface area contributed by atoms with Gasteiger partial charge in [0.25, 0.3) is 5.91 Å². The van der Waals surface area contributed by atoms with E-state index >= 15 is 0 Å². The van der Waals surface area contributed by atoms with Crippen molar-refractivity contribution in [2.24, 2.45) is 0 Å². The monoisotopic (exact) mass is 279 g/mol. The second kappa shape index (κ2) is 6.56. The van der Waals surface area contributed by atoms with Gasteiger partial charge in [0, 0.05) is 18.3 Å². The van der Waals surface area contributed by atoms with E-state index in [0.717, 1.165) is 25.9 Å². The Labute approximate surface area is 118 Å². The highest BCUT2D eigenvalue weighted by atomic mass is 16.4. The van der Waals surface area contributed by atoms with Crippen LogP contribution in [0.3, 0.4) is 0 Å². The van der Waals surface area contributed by atoms with Crippen LogP contribution in [0.4, 0.5) is 0 Å². The summed E-state index contributed by atoms with van der Waals surface area (Å²) in [6.07, 6.45) is 3.85. The van der Waals surface area contributed by atoms with Crippen LogP contribution >= 0.6 is 0 Å². The molecule has 1 amide bonds. The van der Waals surface area contributed by atoms with E-state index in [-0.39, 0.29) is 18.4 Å². The molecule has 1 aliphatic rings. The molecule has 20 heavy (non-hydrogen) atoms. The van der Waals surface area contributed by atoms with E-state index in [9.17, 15) is 9.59 Å². The Morgan fingerprint density at radius 3 is 2.85 bits per heavy atom. The van der Waals surface area contributed by atoms with Crippen LogP contribution in [0.1, 0.15) is 42.7 Å². The highest BCUT2D eigenvalue weighted by molar-refractivity contribution is 5.93. The Kier molecular flexibility index (Phi) is 4.79. The van der Waals surface area contributed by atoms with E-state index in [1.807, 2.05) is 16.8 Å². The standard InChI is InChI=1S/C14H21N3O3/c1-10(9-13(18)19)16-14(20)12-3-2-8-17(12)11-4-6-15-7-5-11/h2-3,8,10-11,15H,4-7,9H2,1H3,(H,16,20)(H,18,19). The lowest BCUT2D eigenvalue weighted by molar-refractivity contribution is -0.137. The van der Waals surface area contributed by atoms with E-state index in [1.165, 1.54) is 0 Å². The minimum atomic E-state index is -0.911. The third-order valence-electron chi connectivity index (χ3n) is 3.57. The smallest absolute Gasteiger partial charge is 0.305 e. The lowest BCUT2D eigenvalue weighted by Crippen LogP contribution is -2.36. The maximum absolute atomic E-state index is 12.2. The molecule has 0 spiro atoms. The van der Waals surface area contributed by atoms with Gasteiger partial charge in [-0.1, -0.05) is 0 Å². The first kappa shape index (κ1) is 14.6. The first-order valence-electron chi connectivity index (χ1n) is 6.98. The number of aliphatic carboxylic acids is 1. The molecule has 2 heterocycles. The average molecular weight is 279 g/mol. The SMILES string of the molecule is CC(CC(=O)O)NC(=O)c1cccn1C1CCNCC1. The second-order valence-electron chi connectivity index (χ2n) is 5.25. The highest BCUT2D eigenvalue weighted by Gasteiger charge is 2.21. The Balaban J connectivity index is 2.03. The first-order chi connectivity index (χ1) is 9.58. The minimum Gasteiger partial charge on any atom is -0.481 e. The number of amides is 1. The zero-order chi connectivity index (χ0) is 14.5. The van der Waals surface area contributed by atoms with Gasteiger partial charge in [-0.05, 0) is 45.0 Å². The summed E-state index contributed by atoms with van der Waals surface area (Å²) in [6, 6.07) is 3.60. The number of carbonyl (C=O) groups is 2. The van der Waals surface area contributed by atoms with Crippen molar-refractivity contribution in [3.8, 4) is 0 Å². The quantitative estimate of drug-likeness (QED) is 0.751. The van der Waals surface area contributed by atoms with Gasteiger partial charge in [-0.15, -0.1) is 0 Å². The number of nitrogens with one attached hydrogen (secondary N) is 2. The van der Waals surface area contributed by atoms with Crippen LogP contribution < -0.4 is 10.6 Å². The van der Waals surface area contributed by atoms with E-state index < -0.39 is 5.97 Å². The van der Waals surface area contributed by atoms with Gasteiger partial charge in [0.05, 0.1) is 6.42 Å². The maximum Gasteiger partial charge on any atom is 0.305 e. The number of carbonyl (C=O) groups excluding carboxylic acids is 1. The lowest BCUT2D eigenvalue weighted by atomic mass is 10.1. The molecule has 0 aromatic carbocycles. The minimum absolute atomic E-state index is 0.0696. The van der Waals surface area contributed by atoms with E-state index in [1.54, 1.807) is 13.0 Å². The predicted molar refractivity (Wildman–Crippen MR) is 74.8 cm³/mol. The van der Waals surface area contributed by atoms with Crippen molar-refractivity contribution in [2.45, 2.75) is 38.3 Å². The molecule has 0 radical (unpaired) electrons. The number of hydrogen-bond donors (Lipinski definition) is 3. The molecule has 6 nitrogen and oxygen atoms in total. The van der Waals surface area contributed by atoms with Gasteiger partial charge in [-0.2, -0.15) is 0 Å². The predicted octanol–water partition coefficient (Wildman–Crippen LogP) is 1.01. The zero-order valence-corrected chi connectivity index (χ0v) is 11.6. The summed E-state index contributed by atoms with van der Waals surface area (Å²) in [6.45, 7) is 3.61. The number of nitrogens with zero attached hydrogens (tertiary/aromatic N) is 1. The number of hydrogen-bond acceptors (Lipinski definition) is 3. The highest BCUT2D eigenvalue weighted by Crippen LogP contribution is 2.21. The van der Waals surface area contributed by atoms with Crippen LogP contribution in [0.5, 0.6) is 0 Å². The van der Waals surface area contributed by atoms with E-state index in [2.05, 4.69) is 10.6 Å². The van der Waals surface area contributed by atoms with Crippen LogP contribution in [0.15, 0.2) is 18.3 Å². The fourth-order valence-corrected chi connectivity index (χ4v) is 2.60. The summed E-state index contributed by atoms with van der Waals surface area (Å²) in [5.74, 6) is -1.12. The fourth-order valence-electron chi connectivity index (χ4n) is 2.60. The Hall–Kier alpha value is -1.82. The Morgan fingerprint density at radius 2 is 2.20 bits per heavy atom. The molecule has 6 heteroatoms. The molecule has 0 saturated carbocycles. The van der Waals surface area contributed by atoms with Gasteiger partial charge in [-0.25, -0.2) is 0 Å². The van der Waals surface area contributed by atoms with Gasteiger partial charge in [0.2, 0.25) is 0 Å². The van der Waals surface area contributed by atoms with Gasteiger partial charge >= 0.3 is 5.97 Å². The van der Waals surface area contributed by atoms with E-state index in [4.69, 9.17) is 5.11 Å². The van der Waals surface area contributed by atoms with Crippen LogP contribution in [0.25, 0.3) is 0 Å². The van der Waals surface area contributed by atoms with Crippen molar-refractivity contribution in [2.75, 3.05) is 13.1 Å². The van der Waals surface area contributed by atoms with Gasteiger partial charge in [0.15, 0.2) is 0 Å². The van der Waals surface area contributed by atoms with Crippen molar-refractivity contribution in [1.82, 2.24) is 15.2 Å². The second-order valence-corrected chi connectivity index (χ2v) is 5.25. The molecule has 0 bridgehead atoms. The summed E-state index contributed by atoms with van der Waals surface area (Å²) in [5.41, 5.74) is 0.606. The summed E-state index contributed by atoms with van der Waals surface area (Å²) < 4.78 is 2.00. The van der Waals surface area contributed by atoms with E-state index in [0.29, 0.717) is 11.7 Å². The maximum atomic E-state index is 12.2. The number of aromatic nitrogens is 1. The molecule has 110 valence electrons. The summed E-state index contributed by atoms with van der Waals surface area (Å²) in [5, 5.41) is 14.8. The normalized spacial score (nSPS) is 17.6. The van der Waals surface area contributed by atoms with Gasteiger partial charge < -0.3 is 20.3 Å². The molecule has 1 unspecified atom stereocenters. The van der Waals surface area contributed by atoms with Crippen molar-refractivity contribution >= 4 is 11.9 Å². The zero-order valence-electron chi connectivity index (χ0n) is 11.6. The number of carboxylic acids is 1. The van der Waals surface area contributed by atoms with Crippen LogP contribution in [-0.4, -0.2) is 40.7 Å². The van der Waals surface area contributed by atoms with Crippen LogP contribution in [0.2, 0.25) is 0 Å². The molecule has 1 fully saturated rings. The molecule has 1 saturated heterocycles. The summed E-state index contributed by atoms with van der Waals surface area (Å²) >= 11 is 0. The van der Waals surface area contributed by atoms with Crippen molar-refractivity contribution in [1.29, 1.82) is 0 Å². The first-order valence-corrected chi connectivity index (χ1v) is 6.98. The van der Waals surface area contributed by atoms with Crippen LogP contribution in [-0.2, 0) is 4.79 Å². The summed E-state index contributed by atoms with van der Waals surface area (Å²) in [4.78, 5) is 22.8. The Morgan fingerprint density at radius 1 is 1.50 bits per heavy atom. The molecule has 0 aliphatic carbocycles. The molecule has 1 aromatic heterocycles. The molecular formula is C14H21N3O3. The van der Waals surface area contributed by atoms with Gasteiger partial charge in [-0.3, -0.25) is 9.59 Å². The molecule has 2 rings (SSSR count). The van der Waals surface area contributed by atoms with Gasteiger partial charge in [0.1, 0.15) is 5.69 Å². The molecular weight excluding hydrogens is 258 g/mol. The number of rotatable bonds is 5. The lowest BCUT2D eigenvalue weighted by Gasteiger charge is -2.26. The van der Waals surface area contributed by atoms with Crippen LogP contribution in [0, 0.1) is 0 Å². The fraction of sp³-hybridized carbons (Fsp3) is 0.571. The van der Waals surface area contributed by atoms with Crippen molar-refractivity contribution in [3.05, 3.63) is 24.0 Å². The van der Waals surface area contributed by atoms with Crippen molar-refractivity contribution < 1.29 is 14.7 Å². The number of piperidine rings is 1.